The van der Waals surface area contributed by atoms with Crippen LogP contribution in [0, 0.1) is 5.82 Å². The molecule has 1 aromatic heterocycles. The number of sulfonamides is 1. The van der Waals surface area contributed by atoms with Gasteiger partial charge in [-0.15, -0.1) is 0 Å². The lowest BCUT2D eigenvalue weighted by Crippen LogP contribution is -2.40. The Labute approximate surface area is 182 Å². The highest BCUT2D eigenvalue weighted by molar-refractivity contribution is 7.89. The molecule has 2 aromatic carbocycles. The average Bonchev–Trinajstić information content (AvgIpc) is 3.48. The summed E-state index contributed by atoms with van der Waals surface area (Å²) in [5.41, 5.74) is 3.72. The number of para-hydroxylation sites is 1. The molecule has 2 aliphatic rings. The molecule has 3 N–H and O–H groups in total. The Bertz CT molecular complexity index is 1220. The first kappa shape index (κ1) is 20.7. The van der Waals surface area contributed by atoms with Crippen molar-refractivity contribution < 1.29 is 12.8 Å². The summed E-state index contributed by atoms with van der Waals surface area (Å²) >= 11 is 0. The average molecular weight is 442 g/mol. The fourth-order valence-corrected chi connectivity index (χ4v) is 5.91. The van der Waals surface area contributed by atoms with Gasteiger partial charge in [0.15, 0.2) is 0 Å². The van der Waals surface area contributed by atoms with Crippen molar-refractivity contribution in [3.05, 3.63) is 65.1 Å². The molecular weight excluding hydrogens is 413 g/mol. The summed E-state index contributed by atoms with van der Waals surface area (Å²) in [6.07, 6.45) is 5.82. The molecule has 0 saturated heterocycles. The Kier molecular flexibility index (Phi) is 5.36. The second-order valence-corrected chi connectivity index (χ2v) is 10.5. The van der Waals surface area contributed by atoms with Gasteiger partial charge in [0.2, 0.25) is 10.0 Å². The van der Waals surface area contributed by atoms with Crippen LogP contribution in [0.1, 0.15) is 61.9 Å². The summed E-state index contributed by atoms with van der Waals surface area (Å²) in [4.78, 5) is 3.47. The fraction of sp³-hybridized carbons (Fsp3) is 0.417. The first-order valence-electron chi connectivity index (χ1n) is 11.1. The Morgan fingerprint density at radius 3 is 2.71 bits per heavy atom. The summed E-state index contributed by atoms with van der Waals surface area (Å²) in [6, 6.07) is 12.4. The number of halogens is 1. The number of nitrogens with one attached hydrogen (secondary N) is 3. The van der Waals surface area contributed by atoms with Gasteiger partial charge in [-0.05, 0) is 49.4 Å². The van der Waals surface area contributed by atoms with Crippen LogP contribution in [0.25, 0.3) is 10.9 Å². The summed E-state index contributed by atoms with van der Waals surface area (Å²) in [6.45, 7) is 2.17. The van der Waals surface area contributed by atoms with E-state index in [1.807, 2.05) is 18.2 Å². The number of hydrogen-bond donors (Lipinski definition) is 3. The molecule has 1 fully saturated rings. The monoisotopic (exact) mass is 441 g/mol. The molecule has 0 spiro atoms. The SMILES string of the molecule is CCCC[C@H]1Cc2c([nH]c3ccccc23)[C@H](c2ccc(S(=O)(=O)NC3CC3)cc2F)N1. The Hall–Kier alpha value is -2.22. The van der Waals surface area contributed by atoms with Gasteiger partial charge in [0.1, 0.15) is 5.82 Å². The number of benzene rings is 2. The van der Waals surface area contributed by atoms with Crippen LogP contribution in [0.2, 0.25) is 0 Å². The number of fused-ring (bicyclic) bond motifs is 3. The van der Waals surface area contributed by atoms with Crippen LogP contribution in [0.4, 0.5) is 4.39 Å². The van der Waals surface area contributed by atoms with Gasteiger partial charge in [0, 0.05) is 34.2 Å². The molecule has 2 atom stereocenters. The van der Waals surface area contributed by atoms with E-state index in [2.05, 4.69) is 28.0 Å². The van der Waals surface area contributed by atoms with Crippen LogP contribution in [-0.4, -0.2) is 25.5 Å². The normalized spacial score (nSPS) is 21.4. The topological polar surface area (TPSA) is 74.0 Å². The van der Waals surface area contributed by atoms with E-state index >= 15 is 4.39 Å². The van der Waals surface area contributed by atoms with Gasteiger partial charge in [-0.25, -0.2) is 17.5 Å². The minimum absolute atomic E-state index is 0.0130. The first-order valence-corrected chi connectivity index (χ1v) is 12.6. The molecule has 0 radical (unpaired) electrons. The molecule has 3 aromatic rings. The highest BCUT2D eigenvalue weighted by atomic mass is 32.2. The summed E-state index contributed by atoms with van der Waals surface area (Å²) in [5.74, 6) is -0.503. The van der Waals surface area contributed by atoms with Crippen LogP contribution >= 0.6 is 0 Å². The van der Waals surface area contributed by atoms with Crippen molar-refractivity contribution in [2.75, 3.05) is 0 Å². The van der Waals surface area contributed by atoms with Gasteiger partial charge in [-0.1, -0.05) is 44.0 Å². The molecule has 1 aliphatic carbocycles. The van der Waals surface area contributed by atoms with E-state index in [0.717, 1.165) is 55.8 Å². The van der Waals surface area contributed by atoms with Crippen LogP contribution < -0.4 is 10.0 Å². The van der Waals surface area contributed by atoms with Gasteiger partial charge in [0.05, 0.1) is 10.9 Å². The number of aromatic amines is 1. The molecule has 1 aliphatic heterocycles. The third-order valence-electron chi connectivity index (χ3n) is 6.39. The van der Waals surface area contributed by atoms with Gasteiger partial charge >= 0.3 is 0 Å². The molecule has 0 bridgehead atoms. The molecule has 5 nitrogen and oxygen atoms in total. The maximum atomic E-state index is 15.3. The number of hydrogen-bond acceptors (Lipinski definition) is 3. The van der Waals surface area contributed by atoms with Crippen molar-refractivity contribution in [1.82, 2.24) is 15.0 Å². The van der Waals surface area contributed by atoms with E-state index in [4.69, 9.17) is 0 Å². The number of aromatic nitrogens is 1. The van der Waals surface area contributed by atoms with E-state index in [9.17, 15) is 8.42 Å². The van der Waals surface area contributed by atoms with Crippen molar-refractivity contribution in [3.63, 3.8) is 0 Å². The summed E-state index contributed by atoms with van der Waals surface area (Å²) < 4.78 is 42.9. The highest BCUT2D eigenvalue weighted by Crippen LogP contribution is 2.37. The van der Waals surface area contributed by atoms with E-state index in [1.54, 1.807) is 6.07 Å². The van der Waals surface area contributed by atoms with Crippen LogP contribution in [0.5, 0.6) is 0 Å². The zero-order chi connectivity index (χ0) is 21.6. The molecule has 0 unspecified atom stereocenters. The van der Waals surface area contributed by atoms with E-state index in [1.165, 1.54) is 17.0 Å². The van der Waals surface area contributed by atoms with Crippen LogP contribution in [-0.2, 0) is 16.4 Å². The lowest BCUT2D eigenvalue weighted by molar-refractivity contribution is 0.395. The first-order chi connectivity index (χ1) is 15.0. The smallest absolute Gasteiger partial charge is 0.240 e. The molecular formula is C24H28FN3O2S. The zero-order valence-electron chi connectivity index (χ0n) is 17.6. The third-order valence-corrected chi connectivity index (χ3v) is 7.90. The van der Waals surface area contributed by atoms with Gasteiger partial charge in [-0.3, -0.25) is 0 Å². The van der Waals surface area contributed by atoms with Gasteiger partial charge < -0.3 is 10.3 Å². The van der Waals surface area contributed by atoms with Crippen molar-refractivity contribution in [1.29, 1.82) is 0 Å². The Morgan fingerprint density at radius 1 is 1.16 bits per heavy atom. The standard InChI is InChI=1S/C24H28FN3O2S/c1-2-3-6-16-13-20-18-7-4-5-8-22(18)27-24(20)23(26-16)19-12-11-17(14-21(19)25)31(29,30)28-15-9-10-15/h4-5,7-8,11-12,14-16,23,26-28H,2-3,6,9-10,13H2,1H3/t16-,23-/m0/s1. The van der Waals surface area contributed by atoms with E-state index in [-0.39, 0.29) is 23.0 Å². The maximum Gasteiger partial charge on any atom is 0.240 e. The number of unbranched alkanes of at least 4 members (excludes halogenated alkanes) is 1. The van der Waals surface area contributed by atoms with Crippen LogP contribution in [0.15, 0.2) is 47.4 Å². The molecule has 1 saturated carbocycles. The molecule has 2 heterocycles. The molecule has 0 amide bonds. The zero-order valence-corrected chi connectivity index (χ0v) is 18.4. The molecule has 31 heavy (non-hydrogen) atoms. The van der Waals surface area contributed by atoms with Crippen molar-refractivity contribution in [2.24, 2.45) is 0 Å². The van der Waals surface area contributed by atoms with Crippen molar-refractivity contribution >= 4 is 20.9 Å². The fourth-order valence-electron chi connectivity index (χ4n) is 4.59. The lowest BCUT2D eigenvalue weighted by atomic mass is 9.88. The second-order valence-electron chi connectivity index (χ2n) is 8.78. The Balaban J connectivity index is 1.54. The summed E-state index contributed by atoms with van der Waals surface area (Å²) in [5, 5.41) is 4.81. The highest BCUT2D eigenvalue weighted by Gasteiger charge is 2.33. The molecule has 5 rings (SSSR count). The van der Waals surface area contributed by atoms with Gasteiger partial charge in [0.25, 0.3) is 0 Å². The van der Waals surface area contributed by atoms with E-state index < -0.39 is 15.8 Å². The second kappa shape index (κ2) is 8.04. The maximum absolute atomic E-state index is 15.3. The van der Waals surface area contributed by atoms with Gasteiger partial charge in [-0.2, -0.15) is 0 Å². The minimum Gasteiger partial charge on any atom is -0.357 e. The Morgan fingerprint density at radius 2 is 1.97 bits per heavy atom. The molecule has 7 heteroatoms. The molecule has 164 valence electrons. The van der Waals surface area contributed by atoms with Crippen LogP contribution in [0.3, 0.4) is 0 Å². The predicted octanol–water partition coefficient (Wildman–Crippen LogP) is 4.54. The van der Waals surface area contributed by atoms with Crippen molar-refractivity contribution in [2.45, 2.75) is 68.5 Å². The lowest BCUT2D eigenvalue weighted by Gasteiger charge is -2.32. The summed E-state index contributed by atoms with van der Waals surface area (Å²) in [7, 11) is -3.69. The predicted molar refractivity (Wildman–Crippen MR) is 120 cm³/mol. The third kappa shape index (κ3) is 4.02. The number of rotatable bonds is 7. The quantitative estimate of drug-likeness (QED) is 0.504. The minimum atomic E-state index is -3.69. The largest absolute Gasteiger partial charge is 0.357 e. The van der Waals surface area contributed by atoms with Crippen molar-refractivity contribution in [3.8, 4) is 0 Å². The number of H-pyrrole nitrogens is 1. The van der Waals surface area contributed by atoms with E-state index in [0.29, 0.717) is 5.56 Å².